The molecule has 1 aromatic rings. The average Bonchev–Trinajstić information content (AvgIpc) is 2.69. The van der Waals surface area contributed by atoms with Crippen LogP contribution in [0.4, 0.5) is 0 Å². The molecule has 1 fully saturated rings. The van der Waals surface area contributed by atoms with Gasteiger partial charge in [-0.3, -0.25) is 4.68 Å². The Labute approximate surface area is 103 Å². The van der Waals surface area contributed by atoms with E-state index in [-0.39, 0.29) is 17.5 Å². The largest absolute Gasteiger partial charge is 0.338 e. The fourth-order valence-corrected chi connectivity index (χ4v) is 1.91. The molecule has 0 bridgehead atoms. The van der Waals surface area contributed by atoms with Gasteiger partial charge in [-0.25, -0.2) is 0 Å². The topological polar surface area (TPSA) is 36.3 Å². The smallest absolute Gasteiger partial charge is 0.202 e. The Morgan fingerprint density at radius 2 is 1.71 bits per heavy atom. The van der Waals surface area contributed by atoms with Gasteiger partial charge in [-0.05, 0) is 47.6 Å². The lowest BCUT2D eigenvalue weighted by molar-refractivity contribution is -0.0952. The molecule has 0 spiro atoms. The van der Waals surface area contributed by atoms with Crippen LogP contribution < -0.4 is 0 Å². The average molecular weight is 238 g/mol. The van der Waals surface area contributed by atoms with Crippen molar-refractivity contribution in [3.63, 3.8) is 0 Å². The molecule has 0 aromatic carbocycles. The van der Waals surface area contributed by atoms with Crippen LogP contribution in [0.5, 0.6) is 0 Å². The highest BCUT2D eigenvalue weighted by molar-refractivity contribution is 5.08. The molecule has 0 atom stereocenters. The van der Waals surface area contributed by atoms with Gasteiger partial charge in [0.25, 0.3) is 0 Å². The van der Waals surface area contributed by atoms with Crippen molar-refractivity contribution < 1.29 is 9.47 Å². The molecule has 1 aliphatic rings. The number of hydrogen-bond donors (Lipinski definition) is 0. The first-order valence-corrected chi connectivity index (χ1v) is 6.14. The second-order valence-electron chi connectivity index (χ2n) is 5.88. The van der Waals surface area contributed by atoms with Crippen LogP contribution in [0.1, 0.15) is 59.6 Å². The number of aromatic nitrogens is 2. The lowest BCUT2D eigenvalue weighted by Gasteiger charge is -2.30. The maximum Gasteiger partial charge on any atom is 0.202 e. The van der Waals surface area contributed by atoms with Crippen LogP contribution in [-0.2, 0) is 9.47 Å². The van der Waals surface area contributed by atoms with Gasteiger partial charge in [0.1, 0.15) is 0 Å². The van der Waals surface area contributed by atoms with Gasteiger partial charge in [-0.1, -0.05) is 0 Å². The Hall–Kier alpha value is -0.870. The maximum atomic E-state index is 6.02. The zero-order chi connectivity index (χ0) is 12.8. The highest BCUT2D eigenvalue weighted by Crippen LogP contribution is 2.44. The first kappa shape index (κ1) is 12.6. The molecular weight excluding hydrogens is 216 g/mol. The van der Waals surface area contributed by atoms with E-state index in [0.29, 0.717) is 6.04 Å². The number of nitrogens with zero attached hydrogens (tertiary/aromatic N) is 2. The summed E-state index contributed by atoms with van der Waals surface area (Å²) in [5, 5.41) is 4.31. The summed E-state index contributed by atoms with van der Waals surface area (Å²) >= 11 is 0. The van der Waals surface area contributed by atoms with Crippen molar-refractivity contribution in [2.75, 3.05) is 0 Å². The summed E-state index contributed by atoms with van der Waals surface area (Å²) in [6.07, 6.45) is 1.46. The highest BCUT2D eigenvalue weighted by Gasteiger charge is 2.50. The van der Waals surface area contributed by atoms with E-state index in [2.05, 4.69) is 46.6 Å². The third-order valence-electron chi connectivity index (χ3n) is 3.68. The van der Waals surface area contributed by atoms with Gasteiger partial charge in [0.2, 0.25) is 6.29 Å². The van der Waals surface area contributed by atoms with Gasteiger partial charge in [-0.15, -0.1) is 0 Å². The van der Waals surface area contributed by atoms with E-state index >= 15 is 0 Å². The van der Waals surface area contributed by atoms with Gasteiger partial charge < -0.3 is 9.47 Å². The van der Waals surface area contributed by atoms with Crippen LogP contribution >= 0.6 is 0 Å². The molecule has 4 nitrogen and oxygen atoms in total. The molecule has 2 heterocycles. The zero-order valence-electron chi connectivity index (χ0n) is 11.5. The zero-order valence-corrected chi connectivity index (χ0v) is 11.5. The third kappa shape index (κ3) is 2.00. The summed E-state index contributed by atoms with van der Waals surface area (Å²) in [4.78, 5) is 0. The van der Waals surface area contributed by atoms with E-state index in [1.165, 1.54) is 0 Å². The van der Waals surface area contributed by atoms with Crippen LogP contribution in [-0.4, -0.2) is 21.0 Å². The Morgan fingerprint density at radius 1 is 1.18 bits per heavy atom. The predicted molar refractivity (Wildman–Crippen MR) is 65.7 cm³/mol. The summed E-state index contributed by atoms with van der Waals surface area (Å²) in [6, 6.07) is 2.27. The summed E-state index contributed by atoms with van der Waals surface area (Å²) in [5.74, 6) is 0. The SMILES string of the molecule is CC(C)n1nccc1C1OC(C)(C)C(C)(C)O1. The summed E-state index contributed by atoms with van der Waals surface area (Å²) in [6.45, 7) is 12.4. The van der Waals surface area contributed by atoms with Crippen LogP contribution in [0.3, 0.4) is 0 Å². The minimum absolute atomic E-state index is 0.302. The molecule has 0 amide bonds. The fraction of sp³-hybridized carbons (Fsp3) is 0.769. The number of rotatable bonds is 2. The minimum Gasteiger partial charge on any atom is -0.338 e. The second-order valence-corrected chi connectivity index (χ2v) is 5.88. The molecule has 2 rings (SSSR count). The molecule has 0 N–H and O–H groups in total. The monoisotopic (exact) mass is 238 g/mol. The molecule has 96 valence electrons. The second kappa shape index (κ2) is 3.82. The summed E-state index contributed by atoms with van der Waals surface area (Å²) in [7, 11) is 0. The van der Waals surface area contributed by atoms with Crippen molar-refractivity contribution in [3.8, 4) is 0 Å². The fourth-order valence-electron chi connectivity index (χ4n) is 1.91. The molecule has 1 saturated heterocycles. The Bertz CT molecular complexity index is 391. The third-order valence-corrected chi connectivity index (χ3v) is 3.68. The quantitative estimate of drug-likeness (QED) is 0.794. The van der Waals surface area contributed by atoms with Crippen LogP contribution in [0.25, 0.3) is 0 Å². The maximum absolute atomic E-state index is 6.02. The number of hydrogen-bond acceptors (Lipinski definition) is 3. The van der Waals surface area contributed by atoms with Crippen molar-refractivity contribution >= 4 is 0 Å². The molecule has 1 aliphatic heterocycles. The molecular formula is C13H22N2O2. The van der Waals surface area contributed by atoms with E-state index in [9.17, 15) is 0 Å². The van der Waals surface area contributed by atoms with E-state index < -0.39 is 0 Å². The van der Waals surface area contributed by atoms with Gasteiger partial charge in [0.05, 0.1) is 16.9 Å². The molecule has 4 heteroatoms. The lowest BCUT2D eigenvalue weighted by atomic mass is 9.90. The van der Waals surface area contributed by atoms with E-state index in [4.69, 9.17) is 9.47 Å². The van der Waals surface area contributed by atoms with Crippen molar-refractivity contribution in [2.24, 2.45) is 0 Å². The van der Waals surface area contributed by atoms with Crippen LogP contribution in [0.15, 0.2) is 12.3 Å². The molecule has 0 aliphatic carbocycles. The Kier molecular flexibility index (Phi) is 2.83. The standard InChI is InChI=1S/C13H22N2O2/c1-9(2)15-10(7-8-14-15)11-16-12(3,4)13(5,6)17-11/h7-9,11H,1-6H3. The highest BCUT2D eigenvalue weighted by atomic mass is 16.7. The molecule has 0 saturated carbocycles. The van der Waals surface area contributed by atoms with Crippen molar-refractivity contribution in [1.82, 2.24) is 9.78 Å². The van der Waals surface area contributed by atoms with Crippen LogP contribution in [0, 0.1) is 0 Å². The van der Waals surface area contributed by atoms with Gasteiger partial charge >= 0.3 is 0 Å². The van der Waals surface area contributed by atoms with Crippen molar-refractivity contribution in [1.29, 1.82) is 0 Å². The molecule has 0 radical (unpaired) electrons. The molecule has 0 unspecified atom stereocenters. The minimum atomic E-state index is -0.329. The molecule has 1 aromatic heterocycles. The van der Waals surface area contributed by atoms with Gasteiger partial charge in [-0.2, -0.15) is 5.10 Å². The number of ether oxygens (including phenoxy) is 2. The Morgan fingerprint density at radius 3 is 2.18 bits per heavy atom. The first-order valence-electron chi connectivity index (χ1n) is 6.14. The van der Waals surface area contributed by atoms with Gasteiger partial charge in [0.15, 0.2) is 0 Å². The predicted octanol–water partition coefficient (Wildman–Crippen LogP) is 3.07. The molecule has 17 heavy (non-hydrogen) atoms. The van der Waals surface area contributed by atoms with Crippen molar-refractivity contribution in [2.45, 2.75) is 65.1 Å². The summed E-state index contributed by atoms with van der Waals surface area (Å²) < 4.78 is 14.0. The first-order chi connectivity index (χ1) is 7.74. The van der Waals surface area contributed by atoms with Gasteiger partial charge in [0, 0.05) is 12.2 Å². The summed E-state index contributed by atoms with van der Waals surface area (Å²) in [5.41, 5.74) is 0.381. The van der Waals surface area contributed by atoms with E-state index in [1.807, 2.05) is 10.7 Å². The van der Waals surface area contributed by atoms with E-state index in [1.54, 1.807) is 6.20 Å². The Balaban J connectivity index is 2.29. The van der Waals surface area contributed by atoms with Crippen LogP contribution in [0.2, 0.25) is 0 Å². The normalized spacial score (nSPS) is 23.5. The lowest BCUT2D eigenvalue weighted by Crippen LogP contribution is -2.41. The van der Waals surface area contributed by atoms with E-state index in [0.717, 1.165) is 5.69 Å². The van der Waals surface area contributed by atoms with Crippen molar-refractivity contribution in [3.05, 3.63) is 18.0 Å².